The van der Waals surface area contributed by atoms with Gasteiger partial charge in [-0.25, -0.2) is 4.68 Å². The van der Waals surface area contributed by atoms with Crippen LogP contribution in [-0.2, 0) is 17.7 Å². The molecule has 36 heavy (non-hydrogen) atoms. The number of rotatable bonds is 12. The van der Waals surface area contributed by atoms with E-state index >= 15 is 0 Å². The fourth-order valence-corrected chi connectivity index (χ4v) is 4.19. The molecule has 1 atom stereocenters. The zero-order valence-corrected chi connectivity index (χ0v) is 21.3. The van der Waals surface area contributed by atoms with Gasteiger partial charge in [0.1, 0.15) is 5.75 Å². The van der Waals surface area contributed by atoms with Crippen molar-refractivity contribution in [1.82, 2.24) is 14.7 Å². The van der Waals surface area contributed by atoms with Crippen LogP contribution in [0.2, 0.25) is 0 Å². The molecule has 3 aromatic carbocycles. The smallest absolute Gasteiger partial charge is 0.227 e. The first-order valence-corrected chi connectivity index (χ1v) is 12.4. The van der Waals surface area contributed by atoms with Crippen molar-refractivity contribution in [2.75, 3.05) is 26.8 Å². The van der Waals surface area contributed by atoms with Crippen LogP contribution >= 0.6 is 0 Å². The number of aryl methyl sites for hydroxylation is 2. The van der Waals surface area contributed by atoms with Gasteiger partial charge in [-0.15, -0.1) is 0 Å². The molecule has 1 unspecified atom stereocenters. The fourth-order valence-electron chi connectivity index (χ4n) is 4.19. The Morgan fingerprint density at radius 3 is 2.25 bits per heavy atom. The largest absolute Gasteiger partial charge is 0.439 e. The van der Waals surface area contributed by atoms with Crippen LogP contribution in [-0.4, -0.2) is 46.6 Å². The van der Waals surface area contributed by atoms with Crippen molar-refractivity contribution in [3.05, 3.63) is 107 Å². The summed E-state index contributed by atoms with van der Waals surface area (Å²) in [4.78, 5) is 2.20. The van der Waals surface area contributed by atoms with Gasteiger partial charge in [0, 0.05) is 26.7 Å². The lowest BCUT2D eigenvalue weighted by Gasteiger charge is -2.25. The SMILES string of the molecule is CCc1nn(-c2ccccc2)c(Oc2ccc(C)cc2)c1CN(CCOC)CC(O)c1ccccc1. The van der Waals surface area contributed by atoms with Crippen LogP contribution in [0.25, 0.3) is 5.69 Å². The molecule has 1 heterocycles. The summed E-state index contributed by atoms with van der Waals surface area (Å²) in [6.45, 7) is 6.44. The lowest BCUT2D eigenvalue weighted by molar-refractivity contribution is 0.0844. The maximum absolute atomic E-state index is 11.0. The van der Waals surface area contributed by atoms with E-state index in [4.69, 9.17) is 14.6 Å². The lowest BCUT2D eigenvalue weighted by atomic mass is 10.1. The van der Waals surface area contributed by atoms with Crippen molar-refractivity contribution < 1.29 is 14.6 Å². The summed E-state index contributed by atoms with van der Waals surface area (Å²) < 4.78 is 13.8. The van der Waals surface area contributed by atoms with Gasteiger partial charge in [-0.05, 0) is 43.2 Å². The van der Waals surface area contributed by atoms with Gasteiger partial charge in [-0.2, -0.15) is 5.10 Å². The Balaban J connectivity index is 1.71. The van der Waals surface area contributed by atoms with Crippen molar-refractivity contribution >= 4 is 0 Å². The molecule has 1 N–H and O–H groups in total. The molecule has 1 aromatic heterocycles. The van der Waals surface area contributed by atoms with Gasteiger partial charge in [0.2, 0.25) is 5.88 Å². The highest BCUT2D eigenvalue weighted by atomic mass is 16.5. The number of hydrogen-bond donors (Lipinski definition) is 1. The summed E-state index contributed by atoms with van der Waals surface area (Å²) in [6.07, 6.45) is 0.150. The second kappa shape index (κ2) is 12.5. The Bertz CT molecular complexity index is 1210. The summed E-state index contributed by atoms with van der Waals surface area (Å²) in [6, 6.07) is 27.9. The molecule has 0 spiro atoms. The summed E-state index contributed by atoms with van der Waals surface area (Å²) in [5.41, 5.74) is 4.99. The highest BCUT2D eigenvalue weighted by Gasteiger charge is 2.24. The number of hydrogen-bond acceptors (Lipinski definition) is 5. The van der Waals surface area contributed by atoms with E-state index in [1.807, 2.05) is 89.6 Å². The van der Waals surface area contributed by atoms with Gasteiger partial charge in [0.15, 0.2) is 0 Å². The number of nitrogens with zero attached hydrogens (tertiary/aromatic N) is 3. The van der Waals surface area contributed by atoms with E-state index in [9.17, 15) is 5.11 Å². The van der Waals surface area contributed by atoms with Crippen LogP contribution in [0, 0.1) is 6.92 Å². The molecule has 0 aliphatic carbocycles. The van der Waals surface area contributed by atoms with Crippen molar-refractivity contribution in [3.8, 4) is 17.3 Å². The Labute approximate surface area is 213 Å². The van der Waals surface area contributed by atoms with E-state index < -0.39 is 6.10 Å². The Hall–Kier alpha value is -3.45. The molecule has 0 aliphatic heterocycles. The van der Waals surface area contributed by atoms with Gasteiger partial charge in [-0.3, -0.25) is 4.90 Å². The first kappa shape index (κ1) is 25.6. The van der Waals surface area contributed by atoms with Crippen molar-refractivity contribution in [3.63, 3.8) is 0 Å². The topological polar surface area (TPSA) is 59.8 Å². The fraction of sp³-hybridized carbons (Fsp3) is 0.300. The third-order valence-electron chi connectivity index (χ3n) is 6.20. The standard InChI is InChI=1S/C30H35N3O3/c1-4-28-27(21-32(19-20-35-3)22-29(34)24-11-7-5-8-12-24)30(36-26-17-15-23(2)16-18-26)33(31-28)25-13-9-6-10-14-25/h5-18,29,34H,4,19-22H2,1-3H3. The molecule has 0 saturated carbocycles. The average molecular weight is 486 g/mol. The molecule has 188 valence electrons. The average Bonchev–Trinajstić information content (AvgIpc) is 3.26. The number of benzene rings is 3. The Morgan fingerprint density at radius 2 is 1.61 bits per heavy atom. The van der Waals surface area contributed by atoms with Crippen LogP contribution in [0.1, 0.15) is 35.4 Å². The van der Waals surface area contributed by atoms with Crippen LogP contribution in [0.4, 0.5) is 0 Å². The van der Waals surface area contributed by atoms with E-state index in [0.29, 0.717) is 32.1 Å². The van der Waals surface area contributed by atoms with Gasteiger partial charge in [0.05, 0.1) is 29.7 Å². The normalized spacial score (nSPS) is 12.1. The summed E-state index contributed by atoms with van der Waals surface area (Å²) in [7, 11) is 1.70. The number of aliphatic hydroxyl groups excluding tert-OH is 1. The van der Waals surface area contributed by atoms with Crippen LogP contribution < -0.4 is 4.74 Å². The maximum atomic E-state index is 11.0. The quantitative estimate of drug-likeness (QED) is 0.278. The molecular formula is C30H35N3O3. The minimum atomic E-state index is -0.612. The molecule has 6 nitrogen and oxygen atoms in total. The van der Waals surface area contributed by atoms with Gasteiger partial charge >= 0.3 is 0 Å². The van der Waals surface area contributed by atoms with Gasteiger partial charge in [-0.1, -0.05) is 73.2 Å². The first-order valence-electron chi connectivity index (χ1n) is 12.4. The Morgan fingerprint density at radius 1 is 0.944 bits per heavy atom. The summed E-state index contributed by atoms with van der Waals surface area (Å²) in [5.74, 6) is 1.45. The maximum Gasteiger partial charge on any atom is 0.227 e. The molecular weight excluding hydrogens is 450 g/mol. The molecule has 0 radical (unpaired) electrons. The molecule has 4 aromatic rings. The van der Waals surface area contributed by atoms with Crippen molar-refractivity contribution in [2.45, 2.75) is 32.9 Å². The number of aliphatic hydroxyl groups is 1. The van der Waals surface area contributed by atoms with Crippen LogP contribution in [0.3, 0.4) is 0 Å². The number of methoxy groups -OCH3 is 1. The third-order valence-corrected chi connectivity index (χ3v) is 6.20. The van der Waals surface area contributed by atoms with Gasteiger partial charge < -0.3 is 14.6 Å². The molecule has 0 bridgehead atoms. The highest BCUT2D eigenvalue weighted by Crippen LogP contribution is 2.32. The van der Waals surface area contributed by atoms with E-state index in [1.165, 1.54) is 5.56 Å². The monoisotopic (exact) mass is 485 g/mol. The number of para-hydroxylation sites is 1. The molecule has 0 aliphatic rings. The van der Waals surface area contributed by atoms with Crippen molar-refractivity contribution in [1.29, 1.82) is 0 Å². The van der Waals surface area contributed by atoms with Crippen molar-refractivity contribution in [2.24, 2.45) is 0 Å². The van der Waals surface area contributed by atoms with E-state index in [2.05, 4.69) is 18.7 Å². The molecule has 6 heteroatoms. The second-order valence-electron chi connectivity index (χ2n) is 8.90. The predicted molar refractivity (Wildman–Crippen MR) is 143 cm³/mol. The minimum Gasteiger partial charge on any atom is -0.439 e. The Kier molecular flexibility index (Phi) is 8.90. The second-order valence-corrected chi connectivity index (χ2v) is 8.90. The highest BCUT2D eigenvalue weighted by molar-refractivity contribution is 5.44. The third kappa shape index (κ3) is 6.40. The zero-order chi connectivity index (χ0) is 25.3. The minimum absolute atomic E-state index is 0.469. The zero-order valence-electron chi connectivity index (χ0n) is 21.3. The molecule has 0 saturated heterocycles. The van der Waals surface area contributed by atoms with Gasteiger partial charge in [0.25, 0.3) is 0 Å². The summed E-state index contributed by atoms with van der Waals surface area (Å²) in [5, 5.41) is 15.9. The van der Waals surface area contributed by atoms with E-state index in [1.54, 1.807) is 7.11 Å². The van der Waals surface area contributed by atoms with E-state index in [-0.39, 0.29) is 0 Å². The lowest BCUT2D eigenvalue weighted by Crippen LogP contribution is -2.31. The van der Waals surface area contributed by atoms with E-state index in [0.717, 1.165) is 34.7 Å². The van der Waals surface area contributed by atoms with Crippen LogP contribution in [0.5, 0.6) is 11.6 Å². The number of ether oxygens (including phenoxy) is 2. The molecule has 0 amide bonds. The van der Waals surface area contributed by atoms with Crippen LogP contribution in [0.15, 0.2) is 84.9 Å². The molecule has 0 fully saturated rings. The number of aromatic nitrogens is 2. The first-order chi connectivity index (χ1) is 17.6. The summed E-state index contributed by atoms with van der Waals surface area (Å²) >= 11 is 0. The molecule has 4 rings (SSSR count). The predicted octanol–water partition coefficient (Wildman–Crippen LogP) is 5.72.